The molecule has 6 nitrogen and oxygen atoms in total. The molecule has 0 aliphatic carbocycles. The van der Waals surface area contributed by atoms with Gasteiger partial charge in [-0.05, 0) is 5.56 Å². The lowest BCUT2D eigenvalue weighted by molar-refractivity contribution is -0.126. The second-order valence-electron chi connectivity index (χ2n) is 5.34. The first-order chi connectivity index (χ1) is 10.4. The number of nitrogens with one attached hydrogen (secondary N) is 1. The van der Waals surface area contributed by atoms with E-state index in [1.807, 2.05) is 30.3 Å². The van der Waals surface area contributed by atoms with Crippen LogP contribution in [-0.4, -0.2) is 40.9 Å². The fourth-order valence-corrected chi connectivity index (χ4v) is 1.76. The van der Waals surface area contributed by atoms with Gasteiger partial charge in [-0.1, -0.05) is 44.2 Å². The van der Waals surface area contributed by atoms with Crippen LogP contribution in [0.1, 0.15) is 25.8 Å². The van der Waals surface area contributed by atoms with E-state index in [1.165, 1.54) is 4.90 Å². The molecule has 0 fully saturated rings. The normalized spacial score (nSPS) is 10.3. The minimum atomic E-state index is -1.07. The van der Waals surface area contributed by atoms with Crippen molar-refractivity contribution in [2.45, 2.75) is 26.8 Å². The molecule has 1 aromatic rings. The first kappa shape index (κ1) is 17.7. The van der Waals surface area contributed by atoms with Crippen molar-refractivity contribution in [3.05, 3.63) is 35.9 Å². The third kappa shape index (κ3) is 6.39. The molecule has 0 heterocycles. The molecule has 0 atom stereocenters. The third-order valence-electron chi connectivity index (χ3n) is 3.20. The second-order valence-corrected chi connectivity index (χ2v) is 5.34. The summed E-state index contributed by atoms with van der Waals surface area (Å²) in [6.45, 7) is 3.84. The summed E-state index contributed by atoms with van der Waals surface area (Å²) in [6.07, 6.45) is -1.04. The lowest BCUT2D eigenvalue weighted by Gasteiger charge is -2.19. The molecule has 1 aromatic carbocycles. The van der Waals surface area contributed by atoms with E-state index in [0.717, 1.165) is 5.56 Å². The average molecular weight is 306 g/mol. The Labute approximate surface area is 130 Å². The van der Waals surface area contributed by atoms with Crippen LogP contribution in [0.25, 0.3) is 0 Å². The molecule has 0 unspecified atom stereocenters. The molecule has 1 rings (SSSR count). The van der Waals surface area contributed by atoms with Gasteiger partial charge in [-0.25, -0.2) is 4.79 Å². The summed E-state index contributed by atoms with van der Waals surface area (Å²) in [6, 6.07) is 9.18. The number of ketones is 1. The van der Waals surface area contributed by atoms with Crippen LogP contribution in [0, 0.1) is 5.92 Å². The summed E-state index contributed by atoms with van der Waals surface area (Å²) < 4.78 is 0. The van der Waals surface area contributed by atoms with Crippen molar-refractivity contribution in [1.82, 2.24) is 10.2 Å². The van der Waals surface area contributed by atoms with Crippen LogP contribution in [0.5, 0.6) is 0 Å². The fraction of sp³-hybridized carbons (Fsp3) is 0.438. The van der Waals surface area contributed by atoms with E-state index >= 15 is 0 Å². The molecular formula is C16H22N2O4. The SMILES string of the molecule is CC(C)C(=O)CNC(=O)CCN(Cc1ccccc1)C(=O)O. The third-order valence-corrected chi connectivity index (χ3v) is 3.20. The second kappa shape index (κ2) is 8.81. The minimum absolute atomic E-state index is 0.0117. The topological polar surface area (TPSA) is 86.7 Å². The highest BCUT2D eigenvalue weighted by molar-refractivity contribution is 5.87. The van der Waals surface area contributed by atoms with Crippen molar-refractivity contribution in [3.63, 3.8) is 0 Å². The number of rotatable bonds is 8. The van der Waals surface area contributed by atoms with E-state index in [0.29, 0.717) is 0 Å². The van der Waals surface area contributed by atoms with Crippen LogP contribution in [-0.2, 0) is 16.1 Å². The van der Waals surface area contributed by atoms with Gasteiger partial charge in [-0.15, -0.1) is 0 Å². The molecule has 0 radical (unpaired) electrons. The van der Waals surface area contributed by atoms with Crippen LogP contribution in [0.15, 0.2) is 30.3 Å². The minimum Gasteiger partial charge on any atom is -0.465 e. The quantitative estimate of drug-likeness (QED) is 0.768. The van der Waals surface area contributed by atoms with E-state index in [-0.39, 0.29) is 43.7 Å². The lowest BCUT2D eigenvalue weighted by Crippen LogP contribution is -2.36. The molecule has 0 aromatic heterocycles. The number of hydrogen-bond donors (Lipinski definition) is 2. The summed E-state index contributed by atoms with van der Waals surface area (Å²) in [5.41, 5.74) is 0.861. The summed E-state index contributed by atoms with van der Waals surface area (Å²) in [5, 5.41) is 11.7. The van der Waals surface area contributed by atoms with Crippen LogP contribution >= 0.6 is 0 Å². The predicted molar refractivity (Wildman–Crippen MR) is 82.3 cm³/mol. The molecule has 0 aliphatic heterocycles. The van der Waals surface area contributed by atoms with Gasteiger partial charge in [0, 0.05) is 25.4 Å². The average Bonchev–Trinajstić information content (AvgIpc) is 2.49. The fourth-order valence-electron chi connectivity index (χ4n) is 1.76. The van der Waals surface area contributed by atoms with Gasteiger partial charge >= 0.3 is 6.09 Å². The van der Waals surface area contributed by atoms with Crippen molar-refractivity contribution in [2.24, 2.45) is 5.92 Å². The van der Waals surface area contributed by atoms with Crippen molar-refractivity contribution >= 4 is 17.8 Å². The van der Waals surface area contributed by atoms with Crippen molar-refractivity contribution < 1.29 is 19.5 Å². The molecule has 0 aliphatic rings. The highest BCUT2D eigenvalue weighted by Crippen LogP contribution is 2.05. The van der Waals surface area contributed by atoms with Gasteiger partial charge in [0.15, 0.2) is 5.78 Å². The number of hydrogen-bond acceptors (Lipinski definition) is 3. The molecule has 2 amide bonds. The summed E-state index contributed by atoms with van der Waals surface area (Å²) in [5.74, 6) is -0.505. The van der Waals surface area contributed by atoms with E-state index in [4.69, 9.17) is 0 Å². The van der Waals surface area contributed by atoms with E-state index in [9.17, 15) is 19.5 Å². The van der Waals surface area contributed by atoms with Crippen LogP contribution in [0.3, 0.4) is 0 Å². The number of benzene rings is 1. The molecule has 0 saturated carbocycles. The first-order valence-electron chi connectivity index (χ1n) is 7.21. The molecule has 6 heteroatoms. The maximum Gasteiger partial charge on any atom is 0.407 e. The van der Waals surface area contributed by atoms with Crippen molar-refractivity contribution in [1.29, 1.82) is 0 Å². The zero-order valence-electron chi connectivity index (χ0n) is 12.9. The Morgan fingerprint density at radius 3 is 2.36 bits per heavy atom. The summed E-state index contributed by atoms with van der Waals surface area (Å²) in [7, 11) is 0. The maximum absolute atomic E-state index is 11.7. The standard InChI is InChI=1S/C16H22N2O4/c1-12(2)14(19)10-17-15(20)8-9-18(16(21)22)11-13-6-4-3-5-7-13/h3-7,12H,8-11H2,1-2H3,(H,17,20)(H,21,22). The maximum atomic E-state index is 11.7. The Kier molecular flexibility index (Phi) is 7.08. The highest BCUT2D eigenvalue weighted by Gasteiger charge is 2.15. The number of carboxylic acid groups (broad SMARTS) is 1. The van der Waals surface area contributed by atoms with Crippen LogP contribution in [0.2, 0.25) is 0 Å². The molecule has 0 saturated heterocycles. The van der Waals surface area contributed by atoms with Gasteiger partial charge in [0.2, 0.25) is 5.91 Å². The lowest BCUT2D eigenvalue weighted by atomic mass is 10.1. The van der Waals surface area contributed by atoms with Crippen molar-refractivity contribution in [2.75, 3.05) is 13.1 Å². The van der Waals surface area contributed by atoms with Gasteiger partial charge in [0.25, 0.3) is 0 Å². The summed E-state index contributed by atoms with van der Waals surface area (Å²) >= 11 is 0. The number of carbonyl (C=O) groups excluding carboxylic acids is 2. The number of Topliss-reactive ketones (excluding diaryl/α,β-unsaturated/α-hetero) is 1. The Balaban J connectivity index is 2.43. The predicted octanol–water partition coefficient (Wildman–Crippen LogP) is 1.90. The monoisotopic (exact) mass is 306 g/mol. The molecule has 0 spiro atoms. The molecule has 0 bridgehead atoms. The van der Waals surface area contributed by atoms with E-state index < -0.39 is 6.09 Å². The molecule has 22 heavy (non-hydrogen) atoms. The van der Waals surface area contributed by atoms with Gasteiger partial charge in [0.1, 0.15) is 0 Å². The van der Waals surface area contributed by atoms with Gasteiger partial charge < -0.3 is 15.3 Å². The smallest absolute Gasteiger partial charge is 0.407 e. The van der Waals surface area contributed by atoms with Crippen LogP contribution in [0.4, 0.5) is 4.79 Å². The van der Waals surface area contributed by atoms with Gasteiger partial charge in [-0.3, -0.25) is 9.59 Å². The van der Waals surface area contributed by atoms with Gasteiger partial charge in [-0.2, -0.15) is 0 Å². The highest BCUT2D eigenvalue weighted by atomic mass is 16.4. The number of nitrogens with zero attached hydrogens (tertiary/aromatic N) is 1. The zero-order valence-corrected chi connectivity index (χ0v) is 12.9. The number of carbonyl (C=O) groups is 3. The zero-order chi connectivity index (χ0) is 16.5. The van der Waals surface area contributed by atoms with E-state index in [1.54, 1.807) is 13.8 Å². The van der Waals surface area contributed by atoms with Crippen LogP contribution < -0.4 is 5.32 Å². The Morgan fingerprint density at radius 2 is 1.82 bits per heavy atom. The first-order valence-corrected chi connectivity index (χ1v) is 7.21. The summed E-state index contributed by atoms with van der Waals surface area (Å²) in [4.78, 5) is 35.5. The van der Waals surface area contributed by atoms with Gasteiger partial charge in [0.05, 0.1) is 6.54 Å². The Hall–Kier alpha value is -2.37. The van der Waals surface area contributed by atoms with E-state index in [2.05, 4.69) is 5.32 Å². The molecule has 2 N–H and O–H groups in total. The molecule has 120 valence electrons. The molecular weight excluding hydrogens is 284 g/mol. The number of amides is 2. The Morgan fingerprint density at radius 1 is 1.18 bits per heavy atom. The largest absolute Gasteiger partial charge is 0.465 e. The van der Waals surface area contributed by atoms with Crippen molar-refractivity contribution in [3.8, 4) is 0 Å². The Bertz CT molecular complexity index is 514.